The number of benzene rings is 1. The van der Waals surface area contributed by atoms with Gasteiger partial charge in [-0.25, -0.2) is 8.78 Å². The van der Waals surface area contributed by atoms with E-state index in [4.69, 9.17) is 9.84 Å². The Hall–Kier alpha value is -2.09. The van der Waals surface area contributed by atoms with Crippen LogP contribution >= 0.6 is 11.8 Å². The molecule has 0 bridgehead atoms. The minimum Gasteiger partial charge on any atom is -0.412 e. The monoisotopic (exact) mass is 567 g/mol. The normalized spacial score (nSPS) is 23.2. The molecule has 1 aromatic carbocycles. The number of ether oxygens (including phenoxy) is 1. The number of hydrogen-bond acceptors (Lipinski definition) is 6. The topological polar surface area (TPSA) is 117 Å². The van der Waals surface area contributed by atoms with Crippen molar-refractivity contribution in [3.8, 4) is 11.3 Å². The first kappa shape index (κ1) is 29.9. The Bertz CT molecular complexity index is 1140. The quantitative estimate of drug-likeness (QED) is 0.548. The lowest BCUT2D eigenvalue weighted by Crippen LogP contribution is -2.47. The summed E-state index contributed by atoms with van der Waals surface area (Å²) in [5.41, 5.74) is 3.84. The molecule has 3 saturated heterocycles. The minimum absolute atomic E-state index is 0. The Kier molecular flexibility index (Phi) is 9.66. The third kappa shape index (κ3) is 6.31. The van der Waals surface area contributed by atoms with Gasteiger partial charge in [0, 0.05) is 60.9 Å². The van der Waals surface area contributed by atoms with Gasteiger partial charge >= 0.3 is 0 Å². The highest BCUT2D eigenvalue weighted by molar-refractivity contribution is 7.98. The van der Waals surface area contributed by atoms with Crippen molar-refractivity contribution < 1.29 is 29.3 Å². The highest BCUT2D eigenvalue weighted by atomic mass is 32.2. The van der Waals surface area contributed by atoms with Gasteiger partial charge in [-0.15, -0.1) is 11.8 Å². The Morgan fingerprint density at radius 3 is 2.59 bits per heavy atom. The van der Waals surface area contributed by atoms with Crippen molar-refractivity contribution in [1.29, 1.82) is 0 Å². The summed E-state index contributed by atoms with van der Waals surface area (Å²) in [4.78, 5) is 21.0. The molecule has 1 unspecified atom stereocenters. The lowest BCUT2D eigenvalue weighted by Gasteiger charge is -2.37. The summed E-state index contributed by atoms with van der Waals surface area (Å²) in [5, 5.41) is 5.03. The zero-order chi connectivity index (χ0) is 25.4. The van der Waals surface area contributed by atoms with E-state index in [1.54, 1.807) is 11.8 Å². The summed E-state index contributed by atoms with van der Waals surface area (Å²) in [7, 11) is 0. The highest BCUT2D eigenvalue weighted by Crippen LogP contribution is 2.44. The summed E-state index contributed by atoms with van der Waals surface area (Å²) in [5.74, 6) is -1.83. The van der Waals surface area contributed by atoms with Crippen LogP contribution in [-0.4, -0.2) is 113 Å². The standard InChI is InChI=1S/C27H35F2N5O2S.2H2O/c28-27(29)8-4-10-32(19-27)12-11-31-9-3-5-20(17-31)34-25-21-6-1-2-7-23(21)37-18-22(25)24(30-34)26(35)33-13-15-36-16-14-33;;/h1-2,6-7,20H,3-5,8-19H2;2*1H2. The third-order valence-corrected chi connectivity index (χ3v) is 9.15. The van der Waals surface area contributed by atoms with Crippen LogP contribution in [0.15, 0.2) is 29.2 Å². The molecular weight excluding hydrogens is 528 g/mol. The van der Waals surface area contributed by atoms with Crippen LogP contribution in [0.2, 0.25) is 0 Å². The molecule has 12 heteroatoms. The first-order valence-corrected chi connectivity index (χ1v) is 14.5. The van der Waals surface area contributed by atoms with Crippen LogP contribution in [0, 0.1) is 0 Å². The van der Waals surface area contributed by atoms with E-state index in [0.717, 1.165) is 61.6 Å². The van der Waals surface area contributed by atoms with Gasteiger partial charge < -0.3 is 20.6 Å². The lowest BCUT2D eigenvalue weighted by molar-refractivity contribution is -0.0656. The van der Waals surface area contributed by atoms with Gasteiger partial charge in [0.25, 0.3) is 11.8 Å². The number of fused-ring (bicyclic) bond motifs is 3. The maximum atomic E-state index is 13.9. The molecule has 5 heterocycles. The number of piperidine rings is 2. The molecule has 4 N–H and O–H groups in total. The summed E-state index contributed by atoms with van der Waals surface area (Å²) in [6.07, 6.45) is 2.59. The van der Waals surface area contributed by atoms with Crippen molar-refractivity contribution in [3.05, 3.63) is 35.5 Å². The van der Waals surface area contributed by atoms with Crippen LogP contribution in [0.5, 0.6) is 0 Å². The van der Waals surface area contributed by atoms with E-state index in [-0.39, 0.29) is 35.9 Å². The predicted molar refractivity (Wildman–Crippen MR) is 147 cm³/mol. The highest BCUT2D eigenvalue weighted by Gasteiger charge is 2.36. The number of amides is 1. The van der Waals surface area contributed by atoms with Gasteiger partial charge in [0.1, 0.15) is 0 Å². The minimum atomic E-state index is -2.56. The Morgan fingerprint density at radius 1 is 1.05 bits per heavy atom. The molecule has 0 radical (unpaired) electrons. The Morgan fingerprint density at radius 2 is 1.79 bits per heavy atom. The smallest absolute Gasteiger partial charge is 0.274 e. The Labute approximate surface area is 232 Å². The third-order valence-electron chi connectivity index (χ3n) is 8.05. The number of aromatic nitrogens is 2. The second kappa shape index (κ2) is 12.6. The molecule has 39 heavy (non-hydrogen) atoms. The van der Waals surface area contributed by atoms with Crippen molar-refractivity contribution >= 4 is 17.7 Å². The van der Waals surface area contributed by atoms with Crippen LogP contribution in [0.4, 0.5) is 8.78 Å². The zero-order valence-corrected chi connectivity index (χ0v) is 23.0. The molecule has 216 valence electrons. The summed E-state index contributed by atoms with van der Waals surface area (Å²) in [6.45, 7) is 6.17. The first-order valence-electron chi connectivity index (χ1n) is 13.5. The summed E-state index contributed by atoms with van der Waals surface area (Å²) >= 11 is 1.77. The van der Waals surface area contributed by atoms with E-state index in [2.05, 4.69) is 33.8 Å². The van der Waals surface area contributed by atoms with E-state index in [1.807, 2.05) is 9.80 Å². The van der Waals surface area contributed by atoms with Gasteiger partial charge in [0.05, 0.1) is 31.5 Å². The van der Waals surface area contributed by atoms with Gasteiger partial charge in [-0.2, -0.15) is 5.10 Å². The number of thioether (sulfide) groups is 1. The predicted octanol–water partition coefficient (Wildman–Crippen LogP) is 2.35. The molecule has 0 saturated carbocycles. The van der Waals surface area contributed by atoms with Crippen molar-refractivity contribution in [2.45, 2.75) is 48.3 Å². The Balaban J connectivity index is 0.00000176. The molecule has 1 amide bonds. The molecular formula is C27H39F2N5O4S. The molecule has 4 aliphatic heterocycles. The van der Waals surface area contributed by atoms with Crippen LogP contribution in [0.1, 0.15) is 47.8 Å². The van der Waals surface area contributed by atoms with Gasteiger partial charge in [-0.3, -0.25) is 19.3 Å². The summed E-state index contributed by atoms with van der Waals surface area (Å²) in [6, 6.07) is 8.54. The number of halogens is 2. The number of rotatable bonds is 5. The van der Waals surface area contributed by atoms with Crippen molar-refractivity contribution in [2.24, 2.45) is 0 Å². The zero-order valence-electron chi connectivity index (χ0n) is 22.2. The molecule has 4 aliphatic rings. The molecule has 1 aromatic heterocycles. The maximum Gasteiger partial charge on any atom is 0.274 e. The van der Waals surface area contributed by atoms with Gasteiger partial charge in [0.15, 0.2) is 5.69 Å². The number of carbonyl (C=O) groups is 1. The SMILES string of the molecule is O.O.O=C(c1nn(C2CCCN(CCN3CCCC(F)(F)C3)C2)c2c1CSc1ccccc1-2)N1CCOCC1. The number of likely N-dealkylation sites (tertiary alicyclic amines) is 2. The fraction of sp³-hybridized carbons (Fsp3) is 0.630. The van der Waals surface area contributed by atoms with Crippen molar-refractivity contribution in [2.75, 3.05) is 65.6 Å². The number of hydrogen-bond donors (Lipinski definition) is 0. The second-order valence-electron chi connectivity index (χ2n) is 10.6. The van der Waals surface area contributed by atoms with Crippen molar-refractivity contribution in [1.82, 2.24) is 24.5 Å². The molecule has 0 spiro atoms. The van der Waals surface area contributed by atoms with E-state index in [1.165, 1.54) is 4.90 Å². The summed E-state index contributed by atoms with van der Waals surface area (Å²) < 4.78 is 35.3. The lowest BCUT2D eigenvalue weighted by atomic mass is 10.0. The number of morpholine rings is 1. The van der Waals surface area contributed by atoms with Crippen LogP contribution in [-0.2, 0) is 10.5 Å². The van der Waals surface area contributed by atoms with Gasteiger partial charge in [-0.05, 0) is 38.4 Å². The van der Waals surface area contributed by atoms with Crippen LogP contribution in [0.25, 0.3) is 11.3 Å². The maximum absolute atomic E-state index is 13.9. The fourth-order valence-electron chi connectivity index (χ4n) is 6.14. The molecule has 3 fully saturated rings. The number of carbonyl (C=O) groups excluding carboxylic acids is 1. The van der Waals surface area contributed by atoms with Gasteiger partial charge in [-0.1, -0.05) is 18.2 Å². The van der Waals surface area contributed by atoms with Crippen LogP contribution in [0.3, 0.4) is 0 Å². The van der Waals surface area contributed by atoms with E-state index < -0.39 is 5.92 Å². The van der Waals surface area contributed by atoms with Gasteiger partial charge in [0.2, 0.25) is 0 Å². The van der Waals surface area contributed by atoms with E-state index in [9.17, 15) is 13.6 Å². The van der Waals surface area contributed by atoms with E-state index in [0.29, 0.717) is 45.0 Å². The molecule has 1 atom stereocenters. The number of nitrogens with zero attached hydrogens (tertiary/aromatic N) is 5. The average Bonchev–Trinajstić information content (AvgIpc) is 3.32. The van der Waals surface area contributed by atoms with Crippen LogP contribution < -0.4 is 0 Å². The molecule has 0 aliphatic carbocycles. The average molecular weight is 568 g/mol. The fourth-order valence-corrected chi connectivity index (χ4v) is 7.20. The van der Waals surface area contributed by atoms with E-state index >= 15 is 0 Å². The molecule has 2 aromatic rings. The first-order chi connectivity index (χ1) is 18.0. The largest absolute Gasteiger partial charge is 0.412 e. The molecule has 9 nitrogen and oxygen atoms in total. The van der Waals surface area contributed by atoms with Crippen molar-refractivity contribution in [3.63, 3.8) is 0 Å². The second-order valence-corrected chi connectivity index (χ2v) is 11.7. The molecule has 6 rings (SSSR count). The number of alkyl halides is 2.